The van der Waals surface area contributed by atoms with Gasteiger partial charge in [-0.25, -0.2) is 0 Å². The van der Waals surface area contributed by atoms with Crippen LogP contribution in [0.4, 0.5) is 0 Å². The summed E-state index contributed by atoms with van der Waals surface area (Å²) in [6.45, 7) is 1.63. The highest BCUT2D eigenvalue weighted by Gasteiger charge is 2.10. The van der Waals surface area contributed by atoms with E-state index in [1.54, 1.807) is 6.92 Å². The maximum Gasteiger partial charge on any atom is 0.230 e. The van der Waals surface area contributed by atoms with E-state index in [1.165, 1.54) is 0 Å². The number of amides is 1. The van der Waals surface area contributed by atoms with Crippen LogP contribution in [0.25, 0.3) is 0 Å². The summed E-state index contributed by atoms with van der Waals surface area (Å²) in [6, 6.07) is 0. The van der Waals surface area contributed by atoms with Crippen molar-refractivity contribution in [1.82, 2.24) is 0 Å². The van der Waals surface area contributed by atoms with Crippen LogP contribution in [0.15, 0.2) is 5.10 Å². The van der Waals surface area contributed by atoms with Crippen LogP contribution in [0.3, 0.4) is 0 Å². The van der Waals surface area contributed by atoms with Gasteiger partial charge in [0, 0.05) is 0 Å². The number of carbonyl (C=O) groups is 1. The average molecular weight is 162 g/mol. The standard InChI is InChI=1S/C4H10N4OS/c1-2(3(5)9)10-4(6)8-7/h2H,7H2,1H3,(H2,5,9)(H2,6,8). The Labute approximate surface area is 63.0 Å². The van der Waals surface area contributed by atoms with Crippen LogP contribution in [0.1, 0.15) is 6.92 Å². The first kappa shape index (κ1) is 9.09. The third kappa shape index (κ3) is 3.18. The number of amidine groups is 1. The molecule has 1 atom stereocenters. The zero-order valence-corrected chi connectivity index (χ0v) is 6.39. The van der Waals surface area contributed by atoms with Crippen molar-refractivity contribution in [2.24, 2.45) is 22.4 Å². The van der Waals surface area contributed by atoms with E-state index in [-0.39, 0.29) is 10.4 Å². The molecule has 58 valence electrons. The van der Waals surface area contributed by atoms with E-state index in [1.807, 2.05) is 0 Å². The molecule has 0 aromatic heterocycles. The van der Waals surface area contributed by atoms with Crippen LogP contribution in [0.2, 0.25) is 0 Å². The Bertz CT molecular complexity index is 157. The van der Waals surface area contributed by atoms with Gasteiger partial charge in [0.25, 0.3) is 0 Å². The molecule has 0 bridgehead atoms. The lowest BCUT2D eigenvalue weighted by Crippen LogP contribution is -2.26. The molecular formula is C4H10N4OS. The molecule has 5 nitrogen and oxygen atoms in total. The fraction of sp³-hybridized carbons (Fsp3) is 0.500. The highest BCUT2D eigenvalue weighted by atomic mass is 32.2. The Kier molecular flexibility index (Phi) is 3.63. The summed E-state index contributed by atoms with van der Waals surface area (Å²) in [4.78, 5) is 10.4. The highest BCUT2D eigenvalue weighted by molar-refractivity contribution is 8.14. The SMILES string of the molecule is CC(S/C(N)=N/N)C(N)=O. The first-order valence-electron chi connectivity index (χ1n) is 2.57. The number of hydrogen-bond acceptors (Lipinski definition) is 4. The third-order valence-corrected chi connectivity index (χ3v) is 1.76. The Morgan fingerprint density at radius 3 is 2.40 bits per heavy atom. The molecule has 0 aliphatic carbocycles. The quantitative estimate of drug-likeness (QED) is 0.205. The molecule has 10 heavy (non-hydrogen) atoms. The lowest BCUT2D eigenvalue weighted by atomic mass is 10.5. The second-order valence-electron chi connectivity index (χ2n) is 1.63. The summed E-state index contributed by atoms with van der Waals surface area (Å²) in [7, 11) is 0. The average Bonchev–Trinajstić information content (AvgIpc) is 1.87. The lowest BCUT2D eigenvalue weighted by molar-refractivity contribution is -0.117. The lowest BCUT2D eigenvalue weighted by Gasteiger charge is -2.03. The third-order valence-electron chi connectivity index (χ3n) is 0.825. The van der Waals surface area contributed by atoms with E-state index in [9.17, 15) is 4.79 Å². The Balaban J connectivity index is 3.80. The molecule has 6 N–H and O–H groups in total. The molecule has 0 aliphatic heterocycles. The normalized spacial score (nSPS) is 14.7. The van der Waals surface area contributed by atoms with Gasteiger partial charge in [-0.05, 0) is 6.92 Å². The smallest absolute Gasteiger partial charge is 0.230 e. The Morgan fingerprint density at radius 2 is 2.10 bits per heavy atom. The minimum Gasteiger partial charge on any atom is -0.377 e. The molecule has 0 heterocycles. The summed E-state index contributed by atoms with van der Waals surface area (Å²) in [6.07, 6.45) is 0. The van der Waals surface area contributed by atoms with Gasteiger partial charge in [-0.3, -0.25) is 4.79 Å². The molecule has 0 aliphatic rings. The Morgan fingerprint density at radius 1 is 1.60 bits per heavy atom. The van der Waals surface area contributed by atoms with Gasteiger partial charge in [0.15, 0.2) is 5.17 Å². The molecule has 0 spiro atoms. The van der Waals surface area contributed by atoms with Gasteiger partial charge in [0.05, 0.1) is 5.25 Å². The molecule has 1 amide bonds. The zero-order valence-electron chi connectivity index (χ0n) is 5.57. The molecular weight excluding hydrogens is 152 g/mol. The van der Waals surface area contributed by atoms with E-state index in [0.29, 0.717) is 0 Å². The minimum absolute atomic E-state index is 0.159. The number of nitrogens with zero attached hydrogens (tertiary/aromatic N) is 1. The Hall–Kier alpha value is -0.910. The molecule has 6 heteroatoms. The number of hydrazone groups is 1. The van der Waals surface area contributed by atoms with E-state index < -0.39 is 5.91 Å². The van der Waals surface area contributed by atoms with Gasteiger partial charge in [0.2, 0.25) is 5.91 Å². The van der Waals surface area contributed by atoms with E-state index in [4.69, 9.17) is 17.3 Å². The van der Waals surface area contributed by atoms with Crippen LogP contribution in [-0.4, -0.2) is 16.3 Å². The number of primary amides is 1. The molecule has 1 unspecified atom stereocenters. The molecule has 0 rings (SSSR count). The van der Waals surface area contributed by atoms with Crippen molar-refractivity contribution in [3.05, 3.63) is 0 Å². The topological polar surface area (TPSA) is 107 Å². The fourth-order valence-corrected chi connectivity index (χ4v) is 0.809. The summed E-state index contributed by atoms with van der Waals surface area (Å²) >= 11 is 1.04. The number of hydrogen-bond donors (Lipinski definition) is 3. The number of rotatable bonds is 2. The summed E-state index contributed by atoms with van der Waals surface area (Å²) < 4.78 is 0. The van der Waals surface area contributed by atoms with Crippen molar-refractivity contribution in [2.45, 2.75) is 12.2 Å². The van der Waals surface area contributed by atoms with Crippen molar-refractivity contribution in [1.29, 1.82) is 0 Å². The number of nitrogens with two attached hydrogens (primary N) is 3. The summed E-state index contributed by atoms with van der Waals surface area (Å²) in [5.74, 6) is 4.38. The first-order valence-corrected chi connectivity index (χ1v) is 3.45. The molecule has 0 saturated heterocycles. The van der Waals surface area contributed by atoms with Crippen molar-refractivity contribution < 1.29 is 4.79 Å². The zero-order chi connectivity index (χ0) is 8.15. The number of carbonyl (C=O) groups excluding carboxylic acids is 1. The van der Waals surface area contributed by atoms with Crippen LogP contribution < -0.4 is 17.3 Å². The molecule has 0 aromatic carbocycles. The van der Waals surface area contributed by atoms with Crippen molar-refractivity contribution >= 4 is 22.8 Å². The second kappa shape index (κ2) is 3.99. The monoisotopic (exact) mass is 162 g/mol. The fourth-order valence-electron chi connectivity index (χ4n) is 0.270. The molecule has 0 radical (unpaired) electrons. The van der Waals surface area contributed by atoms with Crippen LogP contribution in [0, 0.1) is 0 Å². The predicted octanol–water partition coefficient (Wildman–Crippen LogP) is -1.22. The predicted molar refractivity (Wildman–Crippen MR) is 42.1 cm³/mol. The summed E-state index contributed by atoms with van der Waals surface area (Å²) in [5, 5.41) is 2.94. The van der Waals surface area contributed by atoms with Gasteiger partial charge in [-0.15, -0.1) is 0 Å². The van der Waals surface area contributed by atoms with E-state index >= 15 is 0 Å². The highest BCUT2D eigenvalue weighted by Crippen LogP contribution is 2.07. The molecule has 0 aromatic rings. The van der Waals surface area contributed by atoms with Crippen molar-refractivity contribution in [3.63, 3.8) is 0 Å². The van der Waals surface area contributed by atoms with Crippen molar-refractivity contribution in [3.8, 4) is 0 Å². The minimum atomic E-state index is -0.434. The maximum atomic E-state index is 10.4. The van der Waals surface area contributed by atoms with Crippen LogP contribution >= 0.6 is 11.8 Å². The van der Waals surface area contributed by atoms with Gasteiger partial charge < -0.3 is 17.3 Å². The second-order valence-corrected chi connectivity index (χ2v) is 2.99. The van der Waals surface area contributed by atoms with Gasteiger partial charge in [-0.1, -0.05) is 11.8 Å². The summed E-state index contributed by atoms with van der Waals surface area (Å²) in [5.41, 5.74) is 10.1. The molecule has 0 fully saturated rings. The van der Waals surface area contributed by atoms with E-state index in [2.05, 4.69) is 5.10 Å². The van der Waals surface area contributed by atoms with Crippen LogP contribution in [0.5, 0.6) is 0 Å². The maximum absolute atomic E-state index is 10.4. The molecule has 0 saturated carbocycles. The largest absolute Gasteiger partial charge is 0.377 e. The van der Waals surface area contributed by atoms with E-state index in [0.717, 1.165) is 11.8 Å². The van der Waals surface area contributed by atoms with Gasteiger partial charge >= 0.3 is 0 Å². The van der Waals surface area contributed by atoms with Crippen molar-refractivity contribution in [2.75, 3.05) is 0 Å². The van der Waals surface area contributed by atoms with Gasteiger partial charge in [-0.2, -0.15) is 5.10 Å². The van der Waals surface area contributed by atoms with Crippen LogP contribution in [-0.2, 0) is 4.79 Å². The first-order chi connectivity index (χ1) is 4.57. The number of thioether (sulfide) groups is 1. The van der Waals surface area contributed by atoms with Gasteiger partial charge in [0.1, 0.15) is 0 Å².